The Labute approximate surface area is 328 Å². The number of hydrogen-bond donors (Lipinski definition) is 0. The topological polar surface area (TPSA) is 134 Å². The van der Waals surface area contributed by atoms with E-state index in [0.29, 0.717) is 58.8 Å². The summed E-state index contributed by atoms with van der Waals surface area (Å²) >= 11 is 3.37. The van der Waals surface area contributed by atoms with Gasteiger partial charge in [0.1, 0.15) is 38.1 Å². The molecule has 0 unspecified atom stereocenters. The molecule has 4 aromatic rings. The van der Waals surface area contributed by atoms with Crippen LogP contribution in [0, 0.1) is 0 Å². The van der Waals surface area contributed by atoms with Crippen LogP contribution in [-0.4, -0.2) is 50.8 Å². The van der Waals surface area contributed by atoms with Crippen LogP contribution < -0.4 is 44.4 Å². The molecule has 0 bridgehead atoms. The van der Waals surface area contributed by atoms with Crippen molar-refractivity contribution in [3.63, 3.8) is 0 Å². The second-order valence-corrected chi connectivity index (χ2v) is 16.1. The number of fused-ring (bicyclic) bond motifs is 2. The van der Waals surface area contributed by atoms with Crippen LogP contribution in [0.4, 0.5) is 5.69 Å². The van der Waals surface area contributed by atoms with Crippen LogP contribution in [0.3, 0.4) is 0 Å². The molecule has 0 amide bonds. The molecule has 0 spiro atoms. The molecule has 2 aliphatic rings. The first-order valence-electron chi connectivity index (χ1n) is 15.7. The van der Waals surface area contributed by atoms with Gasteiger partial charge in [-0.05, 0) is 68.4 Å². The van der Waals surface area contributed by atoms with E-state index < -0.39 is 30.0 Å². The summed E-state index contributed by atoms with van der Waals surface area (Å²) in [6, 6.07) is 34.1. The molecule has 0 fully saturated rings. The van der Waals surface area contributed by atoms with Gasteiger partial charge in [0, 0.05) is 56.2 Å². The quantitative estimate of drug-likeness (QED) is 0.0447. The number of thioether (sulfide) groups is 2. The zero-order chi connectivity index (χ0) is 35.5. The van der Waals surface area contributed by atoms with E-state index in [1.54, 1.807) is 35.7 Å². The van der Waals surface area contributed by atoms with Crippen molar-refractivity contribution in [2.24, 2.45) is 0 Å². The van der Waals surface area contributed by atoms with Gasteiger partial charge in [-0.3, -0.25) is 0 Å². The first-order valence-corrected chi connectivity index (χ1v) is 20.5. The van der Waals surface area contributed by atoms with Crippen molar-refractivity contribution in [3.8, 4) is 22.5 Å². The van der Waals surface area contributed by atoms with Crippen molar-refractivity contribution in [3.05, 3.63) is 121 Å². The van der Waals surface area contributed by atoms with E-state index in [0.717, 1.165) is 26.9 Å². The minimum atomic E-state index is -5.23. The maximum Gasteiger partial charge on any atom is 1.00 e. The average Bonchev–Trinajstić information content (AvgIpc) is 3.11. The van der Waals surface area contributed by atoms with Gasteiger partial charge in [-0.1, -0.05) is 54.2 Å². The molecular weight excluding hydrogens is 736 g/mol. The van der Waals surface area contributed by atoms with Crippen LogP contribution in [0.5, 0.6) is 0 Å². The molecular formula is C37H33N2NaO7S4. The number of hydrogen-bond acceptors (Lipinski definition) is 10. The summed E-state index contributed by atoms with van der Waals surface area (Å²) in [5.74, 6) is 1.75. The monoisotopic (exact) mass is 768 g/mol. The molecule has 258 valence electrons. The van der Waals surface area contributed by atoms with E-state index in [1.807, 2.05) is 84.9 Å². The van der Waals surface area contributed by atoms with Crippen LogP contribution in [0.1, 0.15) is 13.8 Å². The fourth-order valence-corrected chi connectivity index (χ4v) is 8.91. The maximum atomic E-state index is 12.6. The zero-order valence-electron chi connectivity index (χ0n) is 28.2. The van der Waals surface area contributed by atoms with E-state index in [2.05, 4.69) is 23.3 Å². The summed E-state index contributed by atoms with van der Waals surface area (Å²) in [5, 5.41) is 1.38. The molecule has 14 heteroatoms. The van der Waals surface area contributed by atoms with Gasteiger partial charge < -0.3 is 18.4 Å². The number of benzene rings is 5. The fourth-order valence-electron chi connectivity index (χ4n) is 5.66. The molecule has 0 radical (unpaired) electrons. The standard InChI is InChI=1S/C37H34N2O7S4.Na/c1-3-38(24-47-28-11-7-5-8-12-28)26-15-18-31-34(21-26)46-35-22-27(39(4-2)25-48-29-13-9-6-10-14-29)16-19-32(35)37(31)33-20-17-30(49(40,41)42)23-36(33)50(43,44)45;/h5-23H,3-4,24-25H2,1-2H3,(H-,40,41,42,43,44,45);/q;+1/p-1. The summed E-state index contributed by atoms with van der Waals surface area (Å²) in [6.07, 6.45) is 0. The molecule has 1 aliphatic carbocycles. The molecule has 0 saturated heterocycles. The van der Waals surface area contributed by atoms with Crippen LogP contribution in [0.15, 0.2) is 139 Å². The molecule has 1 heterocycles. The predicted molar refractivity (Wildman–Crippen MR) is 197 cm³/mol. The Kier molecular flexibility index (Phi) is 12.8. The summed E-state index contributed by atoms with van der Waals surface area (Å²) in [6.45, 7) is 5.50. The number of rotatable bonds is 12. The van der Waals surface area contributed by atoms with Gasteiger partial charge in [0.05, 0.1) is 21.7 Å². The normalized spacial score (nSPS) is 12.5. The summed E-state index contributed by atoms with van der Waals surface area (Å²) < 4.78 is 82.2. The first-order chi connectivity index (χ1) is 24.0. The van der Waals surface area contributed by atoms with Crippen LogP contribution in [0.2, 0.25) is 0 Å². The van der Waals surface area contributed by atoms with E-state index >= 15 is 0 Å². The first kappa shape index (κ1) is 39.1. The van der Waals surface area contributed by atoms with Gasteiger partial charge >= 0.3 is 29.6 Å². The number of anilines is 1. The van der Waals surface area contributed by atoms with Gasteiger partial charge in [-0.2, -0.15) is 0 Å². The molecule has 1 aliphatic heterocycles. The van der Waals surface area contributed by atoms with Gasteiger partial charge in [0.15, 0.2) is 5.88 Å². The Bertz CT molecular complexity index is 2420. The second kappa shape index (κ2) is 16.7. The molecule has 0 N–H and O–H groups in total. The molecule has 0 atom stereocenters. The van der Waals surface area contributed by atoms with Crippen molar-refractivity contribution in [2.45, 2.75) is 33.4 Å². The predicted octanol–water partition coefficient (Wildman–Crippen LogP) is 4.13. The van der Waals surface area contributed by atoms with Crippen LogP contribution in [0.25, 0.3) is 33.4 Å². The minimum Gasteiger partial charge on any atom is -0.744 e. The second-order valence-electron chi connectivity index (χ2n) is 11.3. The molecule has 9 nitrogen and oxygen atoms in total. The molecule has 0 aromatic heterocycles. The summed E-state index contributed by atoms with van der Waals surface area (Å²) in [5.41, 5.74) is 2.15. The zero-order valence-corrected chi connectivity index (χ0v) is 33.4. The molecule has 0 saturated carbocycles. The minimum absolute atomic E-state index is 0. The SMILES string of the molecule is CCN(CSc1ccccc1)c1ccc2c(-c3ccc(S(=O)(=O)[O-])cc3S(=O)(=O)[O-])c3cc/c(=[N+](\CC)CSc4ccccc4)cc-3oc2c1.[Na+]. The molecule has 4 aromatic carbocycles. The van der Waals surface area contributed by atoms with E-state index in [-0.39, 0.29) is 35.1 Å². The third kappa shape index (κ3) is 9.10. The average molecular weight is 769 g/mol. The third-order valence-electron chi connectivity index (χ3n) is 8.22. The van der Waals surface area contributed by atoms with E-state index in [1.165, 1.54) is 6.07 Å². The smallest absolute Gasteiger partial charge is 0.744 e. The van der Waals surface area contributed by atoms with Crippen molar-refractivity contribution in [2.75, 3.05) is 29.7 Å². The number of nitrogens with zero attached hydrogens (tertiary/aromatic N) is 2. The van der Waals surface area contributed by atoms with Gasteiger partial charge in [0.2, 0.25) is 5.36 Å². The Balaban J connectivity index is 0.00000504. The van der Waals surface area contributed by atoms with Gasteiger partial charge in [-0.15, -0.1) is 11.8 Å². The van der Waals surface area contributed by atoms with Crippen molar-refractivity contribution < 1.29 is 59.9 Å². The van der Waals surface area contributed by atoms with E-state index in [4.69, 9.17) is 4.42 Å². The molecule has 6 rings (SSSR count). The van der Waals surface area contributed by atoms with Crippen LogP contribution >= 0.6 is 23.5 Å². The van der Waals surface area contributed by atoms with Crippen molar-refractivity contribution in [1.82, 2.24) is 4.58 Å². The Morgan fingerprint density at radius 2 is 1.37 bits per heavy atom. The van der Waals surface area contributed by atoms with Gasteiger partial charge in [0.25, 0.3) is 0 Å². The van der Waals surface area contributed by atoms with Crippen molar-refractivity contribution in [1.29, 1.82) is 0 Å². The third-order valence-corrected chi connectivity index (χ3v) is 12.0. The van der Waals surface area contributed by atoms with E-state index in [9.17, 15) is 25.9 Å². The van der Waals surface area contributed by atoms with Crippen molar-refractivity contribution >= 4 is 60.4 Å². The Morgan fingerprint density at radius 3 is 1.98 bits per heavy atom. The summed E-state index contributed by atoms with van der Waals surface area (Å²) in [7, 11) is -10.3. The van der Waals surface area contributed by atoms with Gasteiger partial charge in [-0.25, -0.2) is 21.4 Å². The Morgan fingerprint density at radius 1 is 0.725 bits per heavy atom. The Hall–Kier alpha value is -3.11. The largest absolute Gasteiger partial charge is 1.00 e. The maximum absolute atomic E-state index is 12.6. The summed E-state index contributed by atoms with van der Waals surface area (Å²) in [4.78, 5) is 2.81. The fraction of sp³-hybridized carbons (Fsp3) is 0.162. The van der Waals surface area contributed by atoms with Crippen LogP contribution in [-0.2, 0) is 20.2 Å². The molecule has 51 heavy (non-hydrogen) atoms.